The molecular formula is C23H24N2O6. The third kappa shape index (κ3) is 5.49. The van der Waals surface area contributed by atoms with Crippen molar-refractivity contribution >= 4 is 18.0 Å². The summed E-state index contributed by atoms with van der Waals surface area (Å²) in [6, 6.07) is 14.6. The van der Waals surface area contributed by atoms with E-state index < -0.39 is 24.0 Å². The predicted octanol–water partition coefficient (Wildman–Crippen LogP) is 2.86. The topological polar surface area (TPSA) is 103 Å². The fraction of sp³-hybridized carbons (Fsp3) is 0.261. The molecule has 0 unspecified atom stereocenters. The van der Waals surface area contributed by atoms with Crippen LogP contribution in [0.1, 0.15) is 34.5 Å². The molecule has 0 saturated carbocycles. The molecule has 8 nitrogen and oxygen atoms in total. The summed E-state index contributed by atoms with van der Waals surface area (Å²) in [5, 5.41) is 5.31. The van der Waals surface area contributed by atoms with E-state index in [0.717, 1.165) is 5.56 Å². The Morgan fingerprint density at radius 1 is 0.968 bits per heavy atom. The van der Waals surface area contributed by atoms with E-state index in [0.29, 0.717) is 17.7 Å². The van der Waals surface area contributed by atoms with Crippen LogP contribution in [0.5, 0.6) is 0 Å². The number of carbonyl (C=O) groups excluding carboxylic acids is 3. The molecule has 0 fully saturated rings. The summed E-state index contributed by atoms with van der Waals surface area (Å²) < 4.78 is 15.7. The molecule has 162 valence electrons. The van der Waals surface area contributed by atoms with Gasteiger partial charge in [0.25, 0.3) is 0 Å². The Hall–Kier alpha value is -3.65. The highest BCUT2D eigenvalue weighted by Gasteiger charge is 2.34. The first-order chi connectivity index (χ1) is 15.0. The molecule has 0 aliphatic carbocycles. The zero-order valence-electron chi connectivity index (χ0n) is 17.3. The molecule has 1 atom stereocenters. The molecule has 0 radical (unpaired) electrons. The molecule has 3 rings (SSSR count). The van der Waals surface area contributed by atoms with Gasteiger partial charge in [-0.15, -0.1) is 0 Å². The molecule has 0 saturated heterocycles. The van der Waals surface area contributed by atoms with Gasteiger partial charge in [-0.25, -0.2) is 14.4 Å². The summed E-state index contributed by atoms with van der Waals surface area (Å²) in [4.78, 5) is 37.5. The number of rotatable bonds is 8. The SMILES string of the molecule is CCOC(=O)C1=C(COC(=O)c2cccc(COC)c2)NC(=O)N[C@H]1c1ccccc1. The van der Waals surface area contributed by atoms with Gasteiger partial charge in [-0.1, -0.05) is 42.5 Å². The molecule has 2 aromatic rings. The van der Waals surface area contributed by atoms with E-state index >= 15 is 0 Å². The number of ether oxygens (including phenoxy) is 3. The van der Waals surface area contributed by atoms with E-state index in [-0.39, 0.29) is 24.5 Å². The van der Waals surface area contributed by atoms with Gasteiger partial charge in [-0.3, -0.25) is 0 Å². The van der Waals surface area contributed by atoms with Crippen molar-refractivity contribution in [3.63, 3.8) is 0 Å². The van der Waals surface area contributed by atoms with Crippen LogP contribution in [0.2, 0.25) is 0 Å². The molecule has 1 aliphatic heterocycles. The van der Waals surface area contributed by atoms with Crippen LogP contribution in [0.25, 0.3) is 0 Å². The standard InChI is InChI=1S/C23H24N2O6/c1-3-30-22(27)19-18(24-23(28)25-20(19)16-9-5-4-6-10-16)14-31-21(26)17-11-7-8-15(12-17)13-29-2/h4-12,20H,3,13-14H2,1-2H3,(H2,24,25,28)/t20-/m0/s1. The van der Waals surface area contributed by atoms with E-state index in [4.69, 9.17) is 14.2 Å². The average molecular weight is 424 g/mol. The van der Waals surface area contributed by atoms with Crippen LogP contribution in [0, 0.1) is 0 Å². The molecule has 0 bridgehead atoms. The van der Waals surface area contributed by atoms with Gasteiger partial charge < -0.3 is 24.8 Å². The van der Waals surface area contributed by atoms with Crippen LogP contribution < -0.4 is 10.6 Å². The first-order valence-electron chi connectivity index (χ1n) is 9.81. The summed E-state index contributed by atoms with van der Waals surface area (Å²) in [5.41, 5.74) is 2.23. The Balaban J connectivity index is 1.87. The van der Waals surface area contributed by atoms with Gasteiger partial charge in [0.1, 0.15) is 6.61 Å². The van der Waals surface area contributed by atoms with E-state index in [9.17, 15) is 14.4 Å². The maximum Gasteiger partial charge on any atom is 0.338 e. The van der Waals surface area contributed by atoms with Gasteiger partial charge >= 0.3 is 18.0 Å². The number of amides is 2. The van der Waals surface area contributed by atoms with Gasteiger partial charge in [-0.2, -0.15) is 0 Å². The molecule has 2 N–H and O–H groups in total. The number of methoxy groups -OCH3 is 1. The number of carbonyl (C=O) groups is 3. The maximum atomic E-state index is 12.7. The quantitative estimate of drug-likeness (QED) is 0.632. The number of hydrogen-bond acceptors (Lipinski definition) is 6. The monoisotopic (exact) mass is 424 g/mol. The molecule has 0 aromatic heterocycles. The van der Waals surface area contributed by atoms with Crippen LogP contribution in [-0.4, -0.2) is 38.3 Å². The van der Waals surface area contributed by atoms with Crippen LogP contribution in [0.15, 0.2) is 65.9 Å². The fourth-order valence-electron chi connectivity index (χ4n) is 3.25. The summed E-state index contributed by atoms with van der Waals surface area (Å²) in [7, 11) is 1.57. The number of urea groups is 1. The smallest absolute Gasteiger partial charge is 0.338 e. The van der Waals surface area contributed by atoms with Crippen molar-refractivity contribution in [2.24, 2.45) is 0 Å². The van der Waals surface area contributed by atoms with Crippen molar-refractivity contribution in [2.75, 3.05) is 20.3 Å². The normalized spacial score (nSPS) is 15.7. The number of hydrogen-bond donors (Lipinski definition) is 2. The first-order valence-corrected chi connectivity index (χ1v) is 9.81. The second kappa shape index (κ2) is 10.4. The van der Waals surface area contributed by atoms with E-state index in [2.05, 4.69) is 10.6 Å². The van der Waals surface area contributed by atoms with E-state index in [1.54, 1.807) is 56.5 Å². The molecule has 8 heteroatoms. The van der Waals surface area contributed by atoms with Crippen molar-refractivity contribution < 1.29 is 28.6 Å². The Bertz CT molecular complexity index is 987. The number of benzene rings is 2. The zero-order valence-corrected chi connectivity index (χ0v) is 17.3. The number of nitrogens with one attached hydrogen (secondary N) is 2. The lowest BCUT2D eigenvalue weighted by Crippen LogP contribution is -2.47. The van der Waals surface area contributed by atoms with Gasteiger partial charge in [0.2, 0.25) is 0 Å². The van der Waals surface area contributed by atoms with Gasteiger partial charge in [0, 0.05) is 7.11 Å². The highest BCUT2D eigenvalue weighted by molar-refractivity contribution is 5.95. The Labute approximate surface area is 180 Å². The minimum absolute atomic E-state index is 0.164. The highest BCUT2D eigenvalue weighted by Crippen LogP contribution is 2.28. The maximum absolute atomic E-state index is 12.7. The fourth-order valence-corrected chi connectivity index (χ4v) is 3.25. The van der Waals surface area contributed by atoms with E-state index in [1.807, 2.05) is 12.1 Å². The Morgan fingerprint density at radius 3 is 2.45 bits per heavy atom. The van der Waals surface area contributed by atoms with E-state index in [1.165, 1.54) is 0 Å². The Morgan fingerprint density at radius 2 is 1.74 bits per heavy atom. The van der Waals surface area contributed by atoms with Crippen LogP contribution in [-0.2, 0) is 25.6 Å². The van der Waals surface area contributed by atoms with Crippen LogP contribution >= 0.6 is 0 Å². The first kappa shape index (κ1) is 22.0. The number of esters is 2. The third-order valence-corrected chi connectivity index (χ3v) is 4.60. The molecular weight excluding hydrogens is 400 g/mol. The lowest BCUT2D eigenvalue weighted by atomic mass is 9.95. The van der Waals surface area contributed by atoms with Crippen LogP contribution in [0.3, 0.4) is 0 Å². The molecule has 2 aromatic carbocycles. The molecule has 0 spiro atoms. The van der Waals surface area contributed by atoms with Crippen molar-refractivity contribution in [3.05, 3.63) is 82.6 Å². The predicted molar refractivity (Wildman–Crippen MR) is 112 cm³/mol. The molecule has 31 heavy (non-hydrogen) atoms. The zero-order chi connectivity index (χ0) is 22.2. The van der Waals surface area contributed by atoms with Gasteiger partial charge in [-0.05, 0) is 30.2 Å². The van der Waals surface area contributed by atoms with Gasteiger partial charge in [0.15, 0.2) is 0 Å². The van der Waals surface area contributed by atoms with Crippen molar-refractivity contribution in [3.8, 4) is 0 Å². The third-order valence-electron chi connectivity index (χ3n) is 4.60. The summed E-state index contributed by atoms with van der Waals surface area (Å²) in [6.07, 6.45) is 0. The lowest BCUT2D eigenvalue weighted by molar-refractivity contribution is -0.139. The molecule has 2 amide bonds. The van der Waals surface area contributed by atoms with Crippen molar-refractivity contribution in [1.29, 1.82) is 0 Å². The second-order valence-electron chi connectivity index (χ2n) is 6.76. The minimum Gasteiger partial charge on any atom is -0.463 e. The minimum atomic E-state index is -0.729. The van der Waals surface area contributed by atoms with Crippen LogP contribution in [0.4, 0.5) is 4.79 Å². The second-order valence-corrected chi connectivity index (χ2v) is 6.76. The summed E-state index contributed by atoms with van der Waals surface area (Å²) in [5.74, 6) is -1.19. The molecule has 1 aliphatic rings. The highest BCUT2D eigenvalue weighted by atomic mass is 16.5. The largest absolute Gasteiger partial charge is 0.463 e. The van der Waals surface area contributed by atoms with Crippen molar-refractivity contribution in [1.82, 2.24) is 10.6 Å². The van der Waals surface area contributed by atoms with Crippen molar-refractivity contribution in [2.45, 2.75) is 19.6 Å². The summed E-state index contributed by atoms with van der Waals surface area (Å²) in [6.45, 7) is 1.92. The lowest BCUT2D eigenvalue weighted by Gasteiger charge is -2.29. The Kier molecular flexibility index (Phi) is 7.40. The summed E-state index contributed by atoms with van der Waals surface area (Å²) >= 11 is 0. The average Bonchev–Trinajstić information content (AvgIpc) is 2.78. The van der Waals surface area contributed by atoms with Gasteiger partial charge in [0.05, 0.1) is 36.1 Å². The molecule has 1 heterocycles.